The van der Waals surface area contributed by atoms with Gasteiger partial charge >= 0.3 is 0 Å². The number of benzene rings is 2. The lowest BCUT2D eigenvalue weighted by Gasteiger charge is -2.11. The van der Waals surface area contributed by atoms with Crippen molar-refractivity contribution in [2.24, 2.45) is 4.99 Å². The Morgan fingerprint density at radius 1 is 0.867 bits per heavy atom. The zero-order valence-corrected chi connectivity index (χ0v) is 17.6. The van der Waals surface area contributed by atoms with Crippen molar-refractivity contribution in [3.05, 3.63) is 106 Å². The van der Waals surface area contributed by atoms with E-state index in [9.17, 15) is 4.79 Å². The van der Waals surface area contributed by atoms with Crippen LogP contribution in [0.5, 0.6) is 0 Å². The van der Waals surface area contributed by atoms with Gasteiger partial charge in [0.2, 0.25) is 0 Å². The van der Waals surface area contributed by atoms with Gasteiger partial charge < -0.3 is 15.2 Å². The third-order valence-electron chi connectivity index (χ3n) is 4.82. The van der Waals surface area contributed by atoms with E-state index < -0.39 is 0 Å². The number of aromatic nitrogens is 1. The monoisotopic (exact) mass is 402 g/mol. The van der Waals surface area contributed by atoms with Crippen LogP contribution >= 0.6 is 0 Å². The maximum Gasteiger partial charge on any atom is 0.250 e. The van der Waals surface area contributed by atoms with E-state index in [0.29, 0.717) is 13.1 Å². The molecule has 3 rings (SSSR count). The van der Waals surface area contributed by atoms with E-state index in [1.807, 2.05) is 18.3 Å². The number of nitrogens with one attached hydrogen (secondary N) is 2. The largest absolute Gasteiger partial charge is 0.357 e. The van der Waals surface area contributed by atoms with Crippen molar-refractivity contribution in [1.82, 2.24) is 15.2 Å². The van der Waals surface area contributed by atoms with Crippen molar-refractivity contribution in [3.63, 3.8) is 0 Å². The quantitative estimate of drug-likeness (QED) is 0.327. The zero-order chi connectivity index (χ0) is 21.0. The van der Waals surface area contributed by atoms with Crippen molar-refractivity contribution >= 4 is 5.96 Å². The average Bonchev–Trinajstić information content (AvgIpc) is 2.78. The Labute approximate surface area is 178 Å². The van der Waals surface area contributed by atoms with Gasteiger partial charge in [-0.2, -0.15) is 0 Å². The van der Waals surface area contributed by atoms with Crippen LogP contribution in [0.2, 0.25) is 0 Å². The topological polar surface area (TPSA) is 58.4 Å². The van der Waals surface area contributed by atoms with E-state index >= 15 is 0 Å². The second-order valence-corrected chi connectivity index (χ2v) is 7.19. The first-order chi connectivity index (χ1) is 14.7. The lowest BCUT2D eigenvalue weighted by Crippen LogP contribution is -2.37. The SMILES string of the molecule is CCNC(=NCc1ccc(Cn2ccccc2=O)cc1)NCCCc1ccccc1. The molecule has 2 aromatic carbocycles. The molecule has 0 radical (unpaired) electrons. The molecule has 5 heteroatoms. The standard InChI is InChI=1S/C25H30N4O/c1-2-26-25(27-17-8-11-21-9-4-3-5-10-21)28-19-22-13-15-23(16-14-22)20-29-18-7-6-12-24(29)30/h3-7,9-10,12-16,18H,2,8,11,17,19-20H2,1H3,(H2,26,27,28). The number of guanidine groups is 1. The highest BCUT2D eigenvalue weighted by atomic mass is 16.1. The highest BCUT2D eigenvalue weighted by Gasteiger charge is 2.00. The number of hydrogen-bond acceptors (Lipinski definition) is 2. The van der Waals surface area contributed by atoms with Crippen LogP contribution in [0.1, 0.15) is 30.0 Å². The van der Waals surface area contributed by atoms with Crippen LogP contribution in [-0.4, -0.2) is 23.6 Å². The Morgan fingerprint density at radius 2 is 1.60 bits per heavy atom. The summed E-state index contributed by atoms with van der Waals surface area (Å²) in [4.78, 5) is 16.5. The van der Waals surface area contributed by atoms with Gasteiger partial charge in [0.05, 0.1) is 13.1 Å². The smallest absolute Gasteiger partial charge is 0.250 e. The van der Waals surface area contributed by atoms with Crippen molar-refractivity contribution in [2.75, 3.05) is 13.1 Å². The van der Waals surface area contributed by atoms with Gasteiger partial charge in [-0.3, -0.25) is 4.79 Å². The van der Waals surface area contributed by atoms with Crippen LogP contribution in [0.25, 0.3) is 0 Å². The summed E-state index contributed by atoms with van der Waals surface area (Å²) in [7, 11) is 0. The molecular formula is C25H30N4O. The number of nitrogens with zero attached hydrogens (tertiary/aromatic N) is 2. The minimum absolute atomic E-state index is 0.0137. The Bertz CT molecular complexity index is 978. The molecule has 5 nitrogen and oxygen atoms in total. The molecule has 0 aliphatic rings. The Balaban J connectivity index is 1.50. The van der Waals surface area contributed by atoms with Gasteiger partial charge in [-0.25, -0.2) is 4.99 Å². The molecule has 156 valence electrons. The number of hydrogen-bond donors (Lipinski definition) is 2. The molecule has 30 heavy (non-hydrogen) atoms. The Hall–Kier alpha value is -3.34. The summed E-state index contributed by atoms with van der Waals surface area (Å²) >= 11 is 0. The van der Waals surface area contributed by atoms with Gasteiger partial charge in [0.1, 0.15) is 0 Å². The van der Waals surface area contributed by atoms with Crippen molar-refractivity contribution in [3.8, 4) is 0 Å². The second-order valence-electron chi connectivity index (χ2n) is 7.19. The summed E-state index contributed by atoms with van der Waals surface area (Å²) in [5, 5.41) is 6.71. The lowest BCUT2D eigenvalue weighted by molar-refractivity contribution is 0.743. The number of rotatable bonds is 9. The average molecular weight is 403 g/mol. The molecule has 0 bridgehead atoms. The summed E-state index contributed by atoms with van der Waals surface area (Å²) < 4.78 is 1.70. The minimum atomic E-state index is 0.0137. The van der Waals surface area contributed by atoms with Crippen LogP contribution in [-0.2, 0) is 19.5 Å². The first kappa shape index (κ1) is 21.4. The van der Waals surface area contributed by atoms with Crippen molar-refractivity contribution < 1.29 is 0 Å². The predicted octanol–water partition coefficient (Wildman–Crippen LogP) is 3.58. The molecule has 0 aliphatic heterocycles. The molecule has 1 aromatic heterocycles. The summed E-state index contributed by atoms with van der Waals surface area (Å²) in [5.74, 6) is 0.838. The van der Waals surface area contributed by atoms with E-state index in [1.54, 1.807) is 16.7 Å². The zero-order valence-electron chi connectivity index (χ0n) is 17.6. The summed E-state index contributed by atoms with van der Waals surface area (Å²) in [6, 6.07) is 24.0. The fourth-order valence-corrected chi connectivity index (χ4v) is 3.19. The maximum absolute atomic E-state index is 11.8. The van der Waals surface area contributed by atoms with Gasteiger partial charge in [-0.05, 0) is 42.5 Å². The summed E-state index contributed by atoms with van der Waals surface area (Å²) in [6.45, 7) is 4.97. The first-order valence-electron chi connectivity index (χ1n) is 10.5. The normalized spacial score (nSPS) is 11.3. The van der Waals surface area contributed by atoms with Crippen LogP contribution < -0.4 is 16.2 Å². The number of pyridine rings is 1. The molecule has 1 heterocycles. The van der Waals surface area contributed by atoms with Crippen molar-refractivity contribution in [1.29, 1.82) is 0 Å². The fourth-order valence-electron chi connectivity index (χ4n) is 3.19. The predicted molar refractivity (Wildman–Crippen MR) is 124 cm³/mol. The minimum Gasteiger partial charge on any atom is -0.357 e. The van der Waals surface area contributed by atoms with Crippen LogP contribution in [0.15, 0.2) is 88.8 Å². The van der Waals surface area contributed by atoms with Crippen LogP contribution in [0.4, 0.5) is 0 Å². The third kappa shape index (κ3) is 6.92. The van der Waals surface area contributed by atoms with Gasteiger partial charge in [-0.1, -0.05) is 60.7 Å². The first-order valence-corrected chi connectivity index (χ1v) is 10.5. The van der Waals surface area contributed by atoms with E-state index in [0.717, 1.165) is 43.0 Å². The molecule has 0 aliphatic carbocycles. The fraction of sp³-hybridized carbons (Fsp3) is 0.280. The summed E-state index contributed by atoms with van der Waals surface area (Å²) in [5.41, 5.74) is 3.61. The lowest BCUT2D eigenvalue weighted by atomic mass is 10.1. The molecular weight excluding hydrogens is 372 g/mol. The number of aryl methyl sites for hydroxylation is 1. The third-order valence-corrected chi connectivity index (χ3v) is 4.82. The molecule has 0 saturated carbocycles. The number of aliphatic imine (C=N–C) groups is 1. The van der Waals surface area contributed by atoms with Crippen LogP contribution in [0, 0.1) is 0 Å². The Kier molecular flexibility index (Phi) is 8.27. The molecule has 3 aromatic rings. The molecule has 2 N–H and O–H groups in total. The van der Waals surface area contributed by atoms with Gasteiger partial charge in [0.25, 0.3) is 5.56 Å². The van der Waals surface area contributed by atoms with Gasteiger partial charge in [-0.15, -0.1) is 0 Å². The van der Waals surface area contributed by atoms with Crippen molar-refractivity contribution in [2.45, 2.75) is 32.9 Å². The van der Waals surface area contributed by atoms with E-state index in [1.165, 1.54) is 5.56 Å². The highest BCUT2D eigenvalue weighted by molar-refractivity contribution is 5.79. The van der Waals surface area contributed by atoms with Gasteiger partial charge in [0.15, 0.2) is 5.96 Å². The van der Waals surface area contributed by atoms with E-state index in [-0.39, 0.29) is 5.56 Å². The second kappa shape index (κ2) is 11.6. The van der Waals surface area contributed by atoms with Gasteiger partial charge in [0, 0.05) is 25.4 Å². The molecule has 0 atom stereocenters. The molecule has 0 fully saturated rings. The Morgan fingerprint density at radius 3 is 2.33 bits per heavy atom. The molecule has 0 unspecified atom stereocenters. The van der Waals surface area contributed by atoms with E-state index in [2.05, 4.69) is 66.1 Å². The molecule has 0 amide bonds. The van der Waals surface area contributed by atoms with Crippen LogP contribution in [0.3, 0.4) is 0 Å². The highest BCUT2D eigenvalue weighted by Crippen LogP contribution is 2.07. The van der Waals surface area contributed by atoms with E-state index in [4.69, 9.17) is 4.99 Å². The maximum atomic E-state index is 11.8. The summed E-state index contributed by atoms with van der Waals surface area (Å²) in [6.07, 6.45) is 3.92. The molecule has 0 spiro atoms. The molecule has 0 saturated heterocycles.